The van der Waals surface area contributed by atoms with E-state index < -0.39 is 5.60 Å². The summed E-state index contributed by atoms with van der Waals surface area (Å²) in [4.78, 5) is 11.6. The highest BCUT2D eigenvalue weighted by Crippen LogP contribution is 2.07. The zero-order valence-electron chi connectivity index (χ0n) is 15.9. The van der Waals surface area contributed by atoms with Gasteiger partial charge in [-0.05, 0) is 38.3 Å². The molecule has 1 amide bonds. The van der Waals surface area contributed by atoms with Crippen molar-refractivity contribution in [2.75, 3.05) is 40.0 Å². The van der Waals surface area contributed by atoms with E-state index >= 15 is 0 Å². The number of hydrogen-bond acceptors (Lipinski definition) is 5. The summed E-state index contributed by atoms with van der Waals surface area (Å²) in [5.74, 6) is 0. The fourth-order valence-electron chi connectivity index (χ4n) is 2.07. The van der Waals surface area contributed by atoms with Crippen molar-refractivity contribution in [2.24, 2.45) is 0 Å². The third-order valence-electron chi connectivity index (χ3n) is 3.29. The zero-order valence-corrected chi connectivity index (χ0v) is 15.9. The molecular weight excluding hydrogens is 320 g/mol. The van der Waals surface area contributed by atoms with Crippen LogP contribution >= 0.6 is 0 Å². The van der Waals surface area contributed by atoms with Gasteiger partial charge >= 0.3 is 6.09 Å². The van der Waals surface area contributed by atoms with Crippen molar-refractivity contribution in [2.45, 2.75) is 39.3 Å². The van der Waals surface area contributed by atoms with Crippen molar-refractivity contribution >= 4 is 6.09 Å². The van der Waals surface area contributed by atoms with E-state index in [4.69, 9.17) is 14.2 Å². The molecule has 1 aromatic carbocycles. The van der Waals surface area contributed by atoms with Crippen molar-refractivity contribution in [3.8, 4) is 0 Å². The molecule has 2 N–H and O–H groups in total. The Labute approximate surface area is 151 Å². The van der Waals surface area contributed by atoms with Gasteiger partial charge in [0.2, 0.25) is 0 Å². The van der Waals surface area contributed by atoms with Gasteiger partial charge in [-0.2, -0.15) is 0 Å². The maximum absolute atomic E-state index is 11.6. The van der Waals surface area contributed by atoms with Crippen LogP contribution in [0.2, 0.25) is 0 Å². The molecule has 0 fully saturated rings. The van der Waals surface area contributed by atoms with E-state index in [1.54, 1.807) is 7.11 Å². The van der Waals surface area contributed by atoms with Gasteiger partial charge in [0.15, 0.2) is 0 Å². The van der Waals surface area contributed by atoms with E-state index in [0.29, 0.717) is 26.4 Å². The second-order valence-corrected chi connectivity index (χ2v) is 6.78. The van der Waals surface area contributed by atoms with Gasteiger partial charge in [0.05, 0.1) is 19.8 Å². The lowest BCUT2D eigenvalue weighted by Crippen LogP contribution is -2.33. The summed E-state index contributed by atoms with van der Waals surface area (Å²) >= 11 is 0. The summed E-state index contributed by atoms with van der Waals surface area (Å²) < 4.78 is 15.5. The van der Waals surface area contributed by atoms with Crippen LogP contribution in [0, 0.1) is 0 Å². The Morgan fingerprint density at radius 2 is 1.68 bits per heavy atom. The minimum absolute atomic E-state index is 0.374. The summed E-state index contributed by atoms with van der Waals surface area (Å²) in [5.41, 5.74) is 1.94. The normalized spacial score (nSPS) is 11.4. The highest BCUT2D eigenvalue weighted by molar-refractivity contribution is 5.67. The number of carbonyl (C=O) groups excluding carboxylic acids is 1. The first kappa shape index (κ1) is 21.4. The molecule has 0 aromatic heterocycles. The average Bonchev–Trinajstić information content (AvgIpc) is 2.54. The summed E-state index contributed by atoms with van der Waals surface area (Å²) in [6.07, 6.45) is 0.404. The van der Waals surface area contributed by atoms with Crippen molar-refractivity contribution in [1.82, 2.24) is 10.6 Å². The summed E-state index contributed by atoms with van der Waals surface area (Å²) in [5, 5.41) is 6.11. The number of methoxy groups -OCH3 is 1. The number of hydrogen-bond donors (Lipinski definition) is 2. The Hall–Kier alpha value is -1.63. The van der Waals surface area contributed by atoms with Crippen molar-refractivity contribution in [3.63, 3.8) is 0 Å². The maximum atomic E-state index is 11.6. The molecule has 6 nitrogen and oxygen atoms in total. The Morgan fingerprint density at radius 1 is 1.00 bits per heavy atom. The number of amides is 1. The first-order valence-electron chi connectivity index (χ1n) is 8.73. The Balaban J connectivity index is 2.16. The number of benzene rings is 1. The maximum Gasteiger partial charge on any atom is 0.407 e. The molecule has 0 unspecified atom stereocenters. The number of carbonyl (C=O) groups is 1. The van der Waals surface area contributed by atoms with Crippen LogP contribution in [-0.4, -0.2) is 51.7 Å². The van der Waals surface area contributed by atoms with Crippen LogP contribution in [0.25, 0.3) is 0 Å². The van der Waals surface area contributed by atoms with Gasteiger partial charge in [-0.15, -0.1) is 0 Å². The second-order valence-electron chi connectivity index (χ2n) is 6.78. The molecule has 0 spiro atoms. The first-order valence-corrected chi connectivity index (χ1v) is 8.73. The Morgan fingerprint density at radius 3 is 2.32 bits per heavy atom. The SMILES string of the molecule is COCCOCCNCc1ccc(CCNC(=O)OC(C)(C)C)cc1. The molecular formula is C19H32N2O4. The minimum atomic E-state index is -0.465. The van der Waals surface area contributed by atoms with Gasteiger partial charge in [0, 0.05) is 26.7 Å². The molecule has 0 aliphatic carbocycles. The summed E-state index contributed by atoms with van der Waals surface area (Å²) in [6, 6.07) is 8.37. The molecule has 25 heavy (non-hydrogen) atoms. The van der Waals surface area contributed by atoms with E-state index in [0.717, 1.165) is 19.5 Å². The van der Waals surface area contributed by atoms with Crippen molar-refractivity contribution < 1.29 is 19.0 Å². The molecule has 0 heterocycles. The summed E-state index contributed by atoms with van der Waals surface area (Å²) in [7, 11) is 1.67. The molecule has 142 valence electrons. The molecule has 0 aliphatic rings. The number of nitrogens with one attached hydrogen (secondary N) is 2. The quantitative estimate of drug-likeness (QED) is 0.599. The first-order chi connectivity index (χ1) is 11.9. The lowest BCUT2D eigenvalue weighted by molar-refractivity contribution is 0.0528. The van der Waals surface area contributed by atoms with Crippen LogP contribution in [0.5, 0.6) is 0 Å². The van der Waals surface area contributed by atoms with Crippen molar-refractivity contribution in [1.29, 1.82) is 0 Å². The number of alkyl carbamates (subject to hydrolysis) is 1. The molecule has 0 saturated heterocycles. The second kappa shape index (κ2) is 11.8. The number of ether oxygens (including phenoxy) is 3. The van der Waals surface area contributed by atoms with Crippen LogP contribution in [0.3, 0.4) is 0 Å². The molecule has 1 aromatic rings. The lowest BCUT2D eigenvalue weighted by Gasteiger charge is -2.19. The Bertz CT molecular complexity index is 483. The highest BCUT2D eigenvalue weighted by atomic mass is 16.6. The fourth-order valence-corrected chi connectivity index (χ4v) is 2.07. The van der Waals surface area contributed by atoms with E-state index in [2.05, 4.69) is 34.9 Å². The van der Waals surface area contributed by atoms with Crippen LogP contribution in [0.15, 0.2) is 24.3 Å². The van der Waals surface area contributed by atoms with Crippen LogP contribution < -0.4 is 10.6 Å². The van der Waals surface area contributed by atoms with Gasteiger partial charge < -0.3 is 24.8 Å². The third kappa shape index (κ3) is 11.5. The van der Waals surface area contributed by atoms with Gasteiger partial charge in [-0.25, -0.2) is 4.79 Å². The topological polar surface area (TPSA) is 68.8 Å². The molecule has 1 rings (SSSR count). The standard InChI is InChI=1S/C19H32N2O4/c1-19(2,3)25-18(22)21-10-9-16-5-7-17(8-6-16)15-20-11-12-24-14-13-23-4/h5-8,20H,9-15H2,1-4H3,(H,21,22). The van der Waals surface area contributed by atoms with Crippen LogP contribution in [0.1, 0.15) is 31.9 Å². The molecule has 0 bridgehead atoms. The fraction of sp³-hybridized carbons (Fsp3) is 0.632. The molecule has 0 radical (unpaired) electrons. The van der Waals surface area contributed by atoms with E-state index in [-0.39, 0.29) is 6.09 Å². The van der Waals surface area contributed by atoms with Crippen LogP contribution in [-0.2, 0) is 27.2 Å². The van der Waals surface area contributed by atoms with Gasteiger partial charge in [0.1, 0.15) is 5.60 Å². The smallest absolute Gasteiger partial charge is 0.407 e. The molecule has 0 saturated carbocycles. The van der Waals surface area contributed by atoms with E-state index in [9.17, 15) is 4.79 Å². The molecule has 0 aliphatic heterocycles. The highest BCUT2D eigenvalue weighted by Gasteiger charge is 2.15. The largest absolute Gasteiger partial charge is 0.444 e. The predicted octanol–water partition coefficient (Wildman–Crippen LogP) is 2.51. The van der Waals surface area contributed by atoms with Gasteiger partial charge in [-0.3, -0.25) is 0 Å². The zero-order chi connectivity index (χ0) is 18.5. The van der Waals surface area contributed by atoms with E-state index in [1.165, 1.54) is 11.1 Å². The van der Waals surface area contributed by atoms with E-state index in [1.807, 2.05) is 20.8 Å². The van der Waals surface area contributed by atoms with Crippen LogP contribution in [0.4, 0.5) is 4.79 Å². The third-order valence-corrected chi connectivity index (χ3v) is 3.29. The lowest BCUT2D eigenvalue weighted by atomic mass is 10.1. The van der Waals surface area contributed by atoms with Gasteiger partial charge in [0.25, 0.3) is 0 Å². The molecule has 6 heteroatoms. The van der Waals surface area contributed by atoms with Crippen molar-refractivity contribution in [3.05, 3.63) is 35.4 Å². The van der Waals surface area contributed by atoms with Gasteiger partial charge in [-0.1, -0.05) is 24.3 Å². The minimum Gasteiger partial charge on any atom is -0.444 e. The number of rotatable bonds is 11. The average molecular weight is 352 g/mol. The molecule has 0 atom stereocenters. The summed E-state index contributed by atoms with van der Waals surface area (Å²) in [6.45, 7) is 9.67. The Kier molecular flexibility index (Phi) is 10.1. The monoisotopic (exact) mass is 352 g/mol. The predicted molar refractivity (Wildman–Crippen MR) is 98.8 cm³/mol.